The molecule has 4 heteroatoms. The van der Waals surface area contributed by atoms with Crippen LogP contribution in [0.3, 0.4) is 0 Å². The molecule has 1 atom stereocenters. The van der Waals surface area contributed by atoms with Crippen LogP contribution in [0.15, 0.2) is 18.2 Å². The Morgan fingerprint density at radius 1 is 1.09 bits per heavy atom. The molecule has 0 saturated carbocycles. The summed E-state index contributed by atoms with van der Waals surface area (Å²) in [6.45, 7) is 6.34. The van der Waals surface area contributed by atoms with E-state index in [0.29, 0.717) is 11.5 Å². The Morgan fingerprint density at radius 3 is 2.27 bits per heavy atom. The molecule has 0 aliphatic heterocycles. The Balaban J connectivity index is 3.24. The minimum absolute atomic E-state index is 0.0443. The zero-order valence-electron chi connectivity index (χ0n) is 13.6. The lowest BCUT2D eigenvalue weighted by Crippen LogP contribution is -2.15. The van der Waals surface area contributed by atoms with Crippen molar-refractivity contribution in [3.63, 3.8) is 0 Å². The molecule has 1 unspecified atom stereocenters. The number of hydrogen-bond donors (Lipinski definition) is 2. The van der Waals surface area contributed by atoms with Crippen molar-refractivity contribution in [2.75, 3.05) is 0 Å². The predicted octanol–water partition coefficient (Wildman–Crippen LogP) is 4.79. The van der Waals surface area contributed by atoms with Crippen molar-refractivity contribution in [1.82, 2.24) is 0 Å². The molecule has 122 valence electrons. The van der Waals surface area contributed by atoms with Crippen LogP contribution in [0.1, 0.15) is 85.1 Å². The van der Waals surface area contributed by atoms with Crippen LogP contribution in [0.5, 0.6) is 0 Å². The fraction of sp³-hybridized carbons (Fsp3) is 0.556. The maximum absolute atomic E-state index is 11.6. The first kappa shape index (κ1) is 18.2. The number of carbonyl (C=O) groups is 2. The van der Waals surface area contributed by atoms with Crippen LogP contribution in [0, 0.1) is 5.92 Å². The van der Waals surface area contributed by atoms with Gasteiger partial charge in [-0.2, -0.15) is 0 Å². The summed E-state index contributed by atoms with van der Waals surface area (Å²) in [5.41, 5.74) is 0.503. The summed E-state index contributed by atoms with van der Waals surface area (Å²) in [6.07, 6.45) is 5.01. The normalized spacial score (nSPS) is 12.4. The summed E-state index contributed by atoms with van der Waals surface area (Å²) in [6, 6.07) is 4.79. The van der Waals surface area contributed by atoms with Crippen LogP contribution in [-0.2, 0) is 0 Å². The second-order valence-electron chi connectivity index (χ2n) is 6.20. The average molecular weight is 306 g/mol. The molecule has 1 aromatic carbocycles. The standard InChI is InChI=1S/C18H26O4/c1-4-5-6-8-13(11-12(2)3)14-9-7-10-15(17(19)20)16(14)18(21)22/h7,9-10,12-13H,4-6,8,11H2,1-3H3,(H,19,20)(H,21,22). The van der Waals surface area contributed by atoms with Crippen LogP contribution < -0.4 is 0 Å². The van der Waals surface area contributed by atoms with Crippen molar-refractivity contribution in [3.8, 4) is 0 Å². The van der Waals surface area contributed by atoms with Gasteiger partial charge in [-0.3, -0.25) is 0 Å². The Hall–Kier alpha value is -1.84. The highest BCUT2D eigenvalue weighted by Gasteiger charge is 2.25. The maximum atomic E-state index is 11.6. The van der Waals surface area contributed by atoms with E-state index in [0.717, 1.165) is 32.1 Å². The number of rotatable bonds is 9. The van der Waals surface area contributed by atoms with E-state index in [9.17, 15) is 19.8 Å². The quantitative estimate of drug-likeness (QED) is 0.643. The highest BCUT2D eigenvalue weighted by atomic mass is 16.4. The van der Waals surface area contributed by atoms with Crippen LogP contribution in [0.2, 0.25) is 0 Å². The van der Waals surface area contributed by atoms with Gasteiger partial charge in [0, 0.05) is 0 Å². The monoisotopic (exact) mass is 306 g/mol. The molecule has 0 aliphatic rings. The second kappa shape index (κ2) is 8.57. The van der Waals surface area contributed by atoms with E-state index in [1.807, 2.05) is 0 Å². The smallest absolute Gasteiger partial charge is 0.336 e. The predicted molar refractivity (Wildman–Crippen MR) is 86.7 cm³/mol. The number of carboxylic acid groups (broad SMARTS) is 2. The molecule has 0 heterocycles. The van der Waals surface area contributed by atoms with E-state index in [2.05, 4.69) is 20.8 Å². The lowest BCUT2D eigenvalue weighted by Gasteiger charge is -2.22. The summed E-state index contributed by atoms with van der Waals surface area (Å²) < 4.78 is 0. The molecule has 0 radical (unpaired) electrons. The highest BCUT2D eigenvalue weighted by molar-refractivity contribution is 6.02. The Morgan fingerprint density at radius 2 is 1.77 bits per heavy atom. The van der Waals surface area contributed by atoms with Crippen LogP contribution in [0.4, 0.5) is 0 Å². The topological polar surface area (TPSA) is 74.6 Å². The molecule has 0 saturated heterocycles. The number of benzene rings is 1. The van der Waals surface area contributed by atoms with Crippen molar-refractivity contribution >= 4 is 11.9 Å². The average Bonchev–Trinajstić information content (AvgIpc) is 2.45. The van der Waals surface area contributed by atoms with Gasteiger partial charge in [-0.05, 0) is 36.3 Å². The molecular formula is C18H26O4. The molecule has 0 fully saturated rings. The van der Waals surface area contributed by atoms with Crippen LogP contribution in [0.25, 0.3) is 0 Å². The summed E-state index contributed by atoms with van der Waals surface area (Å²) in [7, 11) is 0. The Labute approximate surface area is 132 Å². The fourth-order valence-electron chi connectivity index (χ4n) is 2.94. The lowest BCUT2D eigenvalue weighted by molar-refractivity contribution is 0.0650. The molecule has 0 aromatic heterocycles. The molecule has 22 heavy (non-hydrogen) atoms. The zero-order chi connectivity index (χ0) is 16.7. The van der Waals surface area contributed by atoms with Gasteiger partial charge in [-0.1, -0.05) is 52.2 Å². The molecule has 2 N–H and O–H groups in total. The SMILES string of the molecule is CCCCCC(CC(C)C)c1cccc(C(=O)O)c1C(=O)O. The van der Waals surface area contributed by atoms with Gasteiger partial charge in [0.05, 0.1) is 11.1 Å². The van der Waals surface area contributed by atoms with Crippen LogP contribution in [-0.4, -0.2) is 22.2 Å². The van der Waals surface area contributed by atoms with E-state index < -0.39 is 11.9 Å². The molecule has 4 nitrogen and oxygen atoms in total. The van der Waals surface area contributed by atoms with Crippen molar-refractivity contribution < 1.29 is 19.8 Å². The molecular weight excluding hydrogens is 280 g/mol. The molecule has 1 aromatic rings. The molecule has 0 spiro atoms. The molecule has 1 rings (SSSR count). The van der Waals surface area contributed by atoms with Crippen molar-refractivity contribution in [1.29, 1.82) is 0 Å². The van der Waals surface area contributed by atoms with Gasteiger partial charge < -0.3 is 10.2 Å². The number of hydrogen-bond acceptors (Lipinski definition) is 2. The maximum Gasteiger partial charge on any atom is 0.336 e. The number of unbranched alkanes of at least 4 members (excludes halogenated alkanes) is 2. The van der Waals surface area contributed by atoms with E-state index in [4.69, 9.17) is 0 Å². The summed E-state index contributed by atoms with van der Waals surface area (Å²) in [5, 5.41) is 18.7. The summed E-state index contributed by atoms with van der Waals surface area (Å²) in [4.78, 5) is 22.9. The van der Waals surface area contributed by atoms with Crippen molar-refractivity contribution in [2.24, 2.45) is 5.92 Å². The highest BCUT2D eigenvalue weighted by Crippen LogP contribution is 2.33. The minimum Gasteiger partial charge on any atom is -0.478 e. The second-order valence-corrected chi connectivity index (χ2v) is 6.20. The first-order valence-corrected chi connectivity index (χ1v) is 7.97. The van der Waals surface area contributed by atoms with Gasteiger partial charge in [-0.15, -0.1) is 0 Å². The van der Waals surface area contributed by atoms with E-state index in [1.54, 1.807) is 12.1 Å². The van der Waals surface area contributed by atoms with Gasteiger partial charge in [0.15, 0.2) is 0 Å². The van der Waals surface area contributed by atoms with Crippen molar-refractivity contribution in [3.05, 3.63) is 34.9 Å². The third-order valence-corrected chi connectivity index (χ3v) is 3.89. The molecule has 0 bridgehead atoms. The minimum atomic E-state index is -1.18. The first-order chi connectivity index (χ1) is 10.4. The first-order valence-electron chi connectivity index (χ1n) is 7.97. The van der Waals surface area contributed by atoms with Gasteiger partial charge in [0.1, 0.15) is 0 Å². The molecule has 0 aliphatic carbocycles. The van der Waals surface area contributed by atoms with Gasteiger partial charge in [0.25, 0.3) is 0 Å². The summed E-state index contributed by atoms with van der Waals surface area (Å²) in [5.74, 6) is -1.81. The molecule has 0 amide bonds. The van der Waals surface area contributed by atoms with Crippen molar-refractivity contribution in [2.45, 2.75) is 58.8 Å². The Bertz CT molecular complexity index is 520. The van der Waals surface area contributed by atoms with E-state index in [1.165, 1.54) is 6.07 Å². The third kappa shape index (κ3) is 4.86. The third-order valence-electron chi connectivity index (χ3n) is 3.89. The van der Waals surface area contributed by atoms with E-state index >= 15 is 0 Å². The zero-order valence-corrected chi connectivity index (χ0v) is 13.6. The summed E-state index contributed by atoms with van der Waals surface area (Å²) >= 11 is 0. The van der Waals surface area contributed by atoms with E-state index in [-0.39, 0.29) is 17.0 Å². The van der Waals surface area contributed by atoms with Gasteiger partial charge in [0.2, 0.25) is 0 Å². The lowest BCUT2D eigenvalue weighted by atomic mass is 9.82. The van der Waals surface area contributed by atoms with Crippen LogP contribution >= 0.6 is 0 Å². The number of aromatic carboxylic acids is 2. The van der Waals surface area contributed by atoms with Gasteiger partial charge >= 0.3 is 11.9 Å². The fourth-order valence-corrected chi connectivity index (χ4v) is 2.94. The largest absolute Gasteiger partial charge is 0.478 e. The van der Waals surface area contributed by atoms with Gasteiger partial charge in [-0.25, -0.2) is 9.59 Å². The number of carboxylic acids is 2. The Kier molecular flexibility index (Phi) is 7.09.